The molecule has 10 aromatic carbocycles. The van der Waals surface area contributed by atoms with Crippen LogP contribution in [0.4, 0.5) is 0 Å². The molecule has 306 valence electrons. The second kappa shape index (κ2) is 14.5. The molecular weight excluding hydrogens is 810 g/mol. The average Bonchev–Trinajstić information content (AvgIpc) is 3.87. The van der Waals surface area contributed by atoms with E-state index in [0.29, 0.717) is 0 Å². The van der Waals surface area contributed by atoms with E-state index in [0.717, 1.165) is 66.5 Å². The summed E-state index contributed by atoms with van der Waals surface area (Å²) in [5.41, 5.74) is 14.4. The zero-order valence-electron chi connectivity index (χ0n) is 35.3. The molecular formula is C61H40NO2P. The van der Waals surface area contributed by atoms with Gasteiger partial charge in [-0.25, -0.2) is 0 Å². The predicted molar refractivity (Wildman–Crippen MR) is 268 cm³/mol. The first-order valence-corrected chi connectivity index (χ1v) is 23.9. The lowest BCUT2D eigenvalue weighted by molar-refractivity contribution is 0.436. The van der Waals surface area contributed by atoms with Crippen LogP contribution < -0.4 is 20.7 Å². The number of benzene rings is 10. The molecule has 2 aliphatic rings. The Kier molecular flexibility index (Phi) is 8.40. The first kappa shape index (κ1) is 37.6. The van der Waals surface area contributed by atoms with Crippen LogP contribution in [0.15, 0.2) is 243 Å². The second-order valence-corrected chi connectivity index (χ2v) is 19.9. The Bertz CT molecular complexity index is 3620. The van der Waals surface area contributed by atoms with Gasteiger partial charge in [0.2, 0.25) is 0 Å². The molecule has 1 aliphatic carbocycles. The third-order valence-electron chi connectivity index (χ3n) is 13.8. The Morgan fingerprint density at radius 3 is 1.42 bits per heavy atom. The van der Waals surface area contributed by atoms with Gasteiger partial charge in [0.1, 0.15) is 11.5 Å². The van der Waals surface area contributed by atoms with Gasteiger partial charge in [0, 0.05) is 43.5 Å². The topological polar surface area (TPSA) is 31.2 Å². The Morgan fingerprint density at radius 1 is 0.354 bits per heavy atom. The Labute approximate surface area is 377 Å². The van der Waals surface area contributed by atoms with Gasteiger partial charge in [0.05, 0.1) is 16.4 Å². The minimum atomic E-state index is -3.13. The van der Waals surface area contributed by atoms with E-state index >= 15 is 4.57 Å². The maximum atomic E-state index is 15.3. The SMILES string of the molecule is O=P(c1ccccc1)(c1ccccc1)c1ccc(-c2ccc3c(c2)C2(c4cc(-c5ccc6c(c5)c5ccccc5n6-c5ccccc5)ccc4O3)c3ccccc3-c3ccccc32)cc1. The predicted octanol–water partition coefficient (Wildman–Crippen LogP) is 14.2. The van der Waals surface area contributed by atoms with Crippen LogP contribution >= 0.6 is 7.14 Å². The van der Waals surface area contributed by atoms with Crippen molar-refractivity contribution < 1.29 is 9.30 Å². The zero-order chi connectivity index (χ0) is 43.1. The summed E-state index contributed by atoms with van der Waals surface area (Å²) >= 11 is 0. The molecule has 1 aliphatic heterocycles. The molecule has 11 aromatic rings. The van der Waals surface area contributed by atoms with Gasteiger partial charge in [-0.05, 0) is 99.1 Å². The van der Waals surface area contributed by atoms with E-state index in [1.54, 1.807) is 0 Å². The minimum absolute atomic E-state index is 0.661. The monoisotopic (exact) mass is 849 g/mol. The normalized spacial score (nSPS) is 13.2. The van der Waals surface area contributed by atoms with Crippen LogP contribution in [0.25, 0.3) is 60.9 Å². The highest BCUT2D eigenvalue weighted by atomic mass is 31.2. The molecule has 0 fully saturated rings. The van der Waals surface area contributed by atoms with E-state index in [2.05, 4.69) is 187 Å². The summed E-state index contributed by atoms with van der Waals surface area (Å²) in [6.07, 6.45) is 0. The maximum absolute atomic E-state index is 15.3. The van der Waals surface area contributed by atoms with E-state index in [-0.39, 0.29) is 0 Å². The molecule has 0 saturated carbocycles. The van der Waals surface area contributed by atoms with E-state index < -0.39 is 12.6 Å². The molecule has 2 heterocycles. The van der Waals surface area contributed by atoms with Gasteiger partial charge in [-0.1, -0.05) is 188 Å². The summed E-state index contributed by atoms with van der Waals surface area (Å²) in [6, 6.07) is 85.4. The lowest BCUT2D eigenvalue weighted by atomic mass is 9.65. The van der Waals surface area contributed by atoms with Gasteiger partial charge >= 0.3 is 0 Å². The van der Waals surface area contributed by atoms with Gasteiger partial charge in [0.15, 0.2) is 7.14 Å². The van der Waals surface area contributed by atoms with Crippen LogP contribution in [0.3, 0.4) is 0 Å². The molecule has 0 radical (unpaired) electrons. The van der Waals surface area contributed by atoms with E-state index in [1.165, 1.54) is 44.1 Å². The fraction of sp³-hybridized carbons (Fsp3) is 0.0164. The fourth-order valence-electron chi connectivity index (χ4n) is 10.9. The highest BCUT2D eigenvalue weighted by molar-refractivity contribution is 7.85. The van der Waals surface area contributed by atoms with Crippen molar-refractivity contribution in [2.45, 2.75) is 5.41 Å². The summed E-state index contributed by atoms with van der Waals surface area (Å²) < 4.78 is 24.6. The largest absolute Gasteiger partial charge is 0.457 e. The molecule has 0 saturated heterocycles. The molecule has 3 nitrogen and oxygen atoms in total. The molecule has 0 amide bonds. The number of rotatable bonds is 6. The standard InChI is InChI=1S/C61H40NO2P/c63-65(46-18-6-2-7-19-46,47-20-8-3-9-21-47)48-33-28-41(29-34-48)43-31-36-59-55(39-43)61(53-25-13-10-22-49(53)50-23-11-14-26-54(50)61)56-40-44(32-37-60(56)64-59)42-30-35-58-52(38-42)51-24-12-15-27-57(51)62(58)45-16-4-1-5-17-45/h1-40H. The fourth-order valence-corrected chi connectivity index (χ4v) is 13.5. The van der Waals surface area contributed by atoms with Crippen LogP contribution in [0.1, 0.15) is 22.3 Å². The quantitative estimate of drug-likeness (QED) is 0.156. The van der Waals surface area contributed by atoms with E-state index in [9.17, 15) is 0 Å². The van der Waals surface area contributed by atoms with Crippen LogP contribution in [-0.4, -0.2) is 4.57 Å². The number of aromatic nitrogens is 1. The van der Waals surface area contributed by atoms with Crippen LogP contribution in [0.2, 0.25) is 0 Å². The minimum Gasteiger partial charge on any atom is -0.457 e. The molecule has 0 bridgehead atoms. The lowest BCUT2D eigenvalue weighted by Crippen LogP contribution is -2.32. The first-order chi connectivity index (χ1) is 32.1. The molecule has 4 heteroatoms. The van der Waals surface area contributed by atoms with Gasteiger partial charge < -0.3 is 13.9 Å². The van der Waals surface area contributed by atoms with Crippen molar-refractivity contribution >= 4 is 44.9 Å². The summed E-state index contributed by atoms with van der Waals surface area (Å²) in [4.78, 5) is 0. The van der Waals surface area contributed by atoms with Gasteiger partial charge in [-0.2, -0.15) is 0 Å². The molecule has 1 aromatic heterocycles. The number of fused-ring (bicyclic) bond motifs is 12. The third kappa shape index (κ3) is 5.53. The van der Waals surface area contributed by atoms with Gasteiger partial charge in [-0.15, -0.1) is 0 Å². The van der Waals surface area contributed by atoms with Crippen molar-refractivity contribution in [3.05, 3.63) is 265 Å². The first-order valence-electron chi connectivity index (χ1n) is 22.2. The van der Waals surface area contributed by atoms with Gasteiger partial charge in [-0.3, -0.25) is 0 Å². The van der Waals surface area contributed by atoms with Crippen molar-refractivity contribution in [1.29, 1.82) is 0 Å². The number of nitrogens with zero attached hydrogens (tertiary/aromatic N) is 1. The average molecular weight is 850 g/mol. The third-order valence-corrected chi connectivity index (χ3v) is 16.8. The van der Waals surface area contributed by atoms with Crippen molar-refractivity contribution in [3.8, 4) is 50.6 Å². The number of hydrogen-bond donors (Lipinski definition) is 0. The molecule has 1 spiro atoms. The molecule has 13 rings (SSSR count). The number of ether oxygens (including phenoxy) is 1. The van der Waals surface area contributed by atoms with E-state index in [4.69, 9.17) is 4.74 Å². The molecule has 0 unspecified atom stereocenters. The Morgan fingerprint density at radius 2 is 0.800 bits per heavy atom. The second-order valence-electron chi connectivity index (χ2n) is 17.1. The highest BCUT2D eigenvalue weighted by Crippen LogP contribution is 2.63. The van der Waals surface area contributed by atoms with E-state index in [1.807, 2.05) is 60.7 Å². The molecule has 0 N–H and O–H groups in total. The van der Waals surface area contributed by atoms with Crippen molar-refractivity contribution in [3.63, 3.8) is 0 Å². The summed E-state index contributed by atoms with van der Waals surface area (Å²) in [5, 5.41) is 4.89. The highest BCUT2D eigenvalue weighted by Gasteiger charge is 2.51. The molecule has 65 heavy (non-hydrogen) atoms. The van der Waals surface area contributed by atoms with Crippen molar-refractivity contribution in [2.75, 3.05) is 0 Å². The maximum Gasteiger partial charge on any atom is 0.171 e. The Balaban J connectivity index is 0.985. The zero-order valence-corrected chi connectivity index (χ0v) is 36.2. The summed E-state index contributed by atoms with van der Waals surface area (Å²) in [6.45, 7) is 0. The van der Waals surface area contributed by atoms with Crippen LogP contribution in [0.5, 0.6) is 11.5 Å². The summed E-state index contributed by atoms with van der Waals surface area (Å²) in [5.74, 6) is 1.69. The van der Waals surface area contributed by atoms with Crippen molar-refractivity contribution in [1.82, 2.24) is 4.57 Å². The Hall–Kier alpha value is -7.97. The van der Waals surface area contributed by atoms with Crippen molar-refractivity contribution in [2.24, 2.45) is 0 Å². The lowest BCUT2D eigenvalue weighted by Gasteiger charge is -2.40. The smallest absolute Gasteiger partial charge is 0.171 e. The van der Waals surface area contributed by atoms with Crippen LogP contribution in [0, 0.1) is 0 Å². The molecule has 0 atom stereocenters. The van der Waals surface area contributed by atoms with Crippen LogP contribution in [-0.2, 0) is 9.98 Å². The number of hydrogen-bond acceptors (Lipinski definition) is 2. The summed E-state index contributed by atoms with van der Waals surface area (Å²) in [7, 11) is -3.13. The van der Waals surface area contributed by atoms with Gasteiger partial charge in [0.25, 0.3) is 0 Å². The number of para-hydroxylation sites is 2.